The fourth-order valence-corrected chi connectivity index (χ4v) is 8.83. The number of rotatable bonds is 27. The van der Waals surface area contributed by atoms with Crippen LogP contribution in [0.4, 0.5) is 5.69 Å². The summed E-state index contributed by atoms with van der Waals surface area (Å²) in [6.45, 7) is 9.75. The quantitative estimate of drug-likeness (QED) is 0.0218. The van der Waals surface area contributed by atoms with Gasteiger partial charge in [-0.15, -0.1) is 0 Å². The number of benzene rings is 4. The number of aliphatic carboxylic acids is 5. The maximum atomic E-state index is 12.9. The van der Waals surface area contributed by atoms with Crippen LogP contribution in [0, 0.1) is 34.0 Å². The Hall–Kier alpha value is -9.94. The van der Waals surface area contributed by atoms with Gasteiger partial charge in [-0.1, -0.05) is 7.43 Å². The van der Waals surface area contributed by atoms with Crippen LogP contribution in [0.2, 0.25) is 0 Å². The van der Waals surface area contributed by atoms with E-state index in [1.54, 1.807) is 53.4 Å². The van der Waals surface area contributed by atoms with Crippen LogP contribution in [0.1, 0.15) is 155 Å². The summed E-state index contributed by atoms with van der Waals surface area (Å²) in [5.74, 6) is -6.83. The van der Waals surface area contributed by atoms with E-state index in [0.717, 1.165) is 39.4 Å². The molecule has 552 valence electrons. The van der Waals surface area contributed by atoms with Crippen molar-refractivity contribution in [3.63, 3.8) is 0 Å². The van der Waals surface area contributed by atoms with E-state index < -0.39 is 71.1 Å². The minimum absolute atomic E-state index is 0. The van der Waals surface area contributed by atoms with Gasteiger partial charge in [-0.2, -0.15) is 15.8 Å². The third-order valence-corrected chi connectivity index (χ3v) is 14.9. The van der Waals surface area contributed by atoms with Gasteiger partial charge in [0.05, 0.1) is 34.9 Å². The van der Waals surface area contributed by atoms with Gasteiger partial charge in [0.15, 0.2) is 0 Å². The Bertz CT molecular complexity index is 3270. The number of carboxylic acid groups (broad SMARTS) is 5. The summed E-state index contributed by atoms with van der Waals surface area (Å²) in [4.78, 5) is 118. The lowest BCUT2D eigenvalue weighted by Crippen LogP contribution is -2.54. The fraction of sp³-hybridized carbons (Fsp3) is 0.471. The number of hydrogen-bond donors (Lipinski definition) is 13. The van der Waals surface area contributed by atoms with E-state index in [4.69, 9.17) is 79.3 Å². The highest BCUT2D eigenvalue weighted by Crippen LogP contribution is 2.13. The molecule has 4 aromatic rings. The molecule has 3 saturated heterocycles. The van der Waals surface area contributed by atoms with Gasteiger partial charge in [0.25, 0.3) is 23.0 Å². The van der Waals surface area contributed by atoms with Crippen LogP contribution >= 0.6 is 11.6 Å². The number of halogens is 1. The van der Waals surface area contributed by atoms with Crippen molar-refractivity contribution in [2.75, 3.05) is 98.6 Å². The monoisotopic (exact) mass is 1430 g/mol. The summed E-state index contributed by atoms with van der Waals surface area (Å²) in [6, 6.07) is 26.7. The molecule has 4 amide bonds. The molecule has 0 aromatic heterocycles. The average molecular weight is 1430 g/mol. The molecule has 0 bridgehead atoms. The fourth-order valence-electron chi connectivity index (χ4n) is 8.71. The molecule has 0 spiro atoms. The van der Waals surface area contributed by atoms with Gasteiger partial charge in [-0.3, -0.25) is 38.4 Å². The summed E-state index contributed by atoms with van der Waals surface area (Å²) in [5, 5.41) is 97.2. The van der Waals surface area contributed by atoms with Crippen LogP contribution in [-0.2, 0) is 33.5 Å². The molecular weight excluding hydrogens is 1330 g/mol. The number of likely N-dealkylation sites (N-methyl/N-ethyl adjacent to an activating group) is 2. The van der Waals surface area contributed by atoms with Crippen LogP contribution in [0.15, 0.2) is 97.1 Å². The number of amides is 4. The zero-order valence-electron chi connectivity index (χ0n) is 56.3. The van der Waals surface area contributed by atoms with Crippen LogP contribution in [0.25, 0.3) is 0 Å². The van der Waals surface area contributed by atoms with Crippen molar-refractivity contribution >= 4 is 76.0 Å². The Morgan fingerprint density at radius 1 is 0.505 bits per heavy atom. The molecule has 30 nitrogen and oxygen atoms in total. The van der Waals surface area contributed by atoms with Crippen LogP contribution in [-0.4, -0.2) is 226 Å². The van der Waals surface area contributed by atoms with Crippen molar-refractivity contribution in [2.45, 2.75) is 121 Å². The zero-order chi connectivity index (χ0) is 74.8. The number of unbranched alkanes of at least 4 members (excludes halogenated alkanes) is 2. The highest BCUT2D eigenvalue weighted by molar-refractivity contribution is 6.67. The molecule has 31 heteroatoms. The zero-order valence-corrected chi connectivity index (χ0v) is 57.0. The smallest absolute Gasteiger partial charge is 0.326 e. The molecule has 3 heterocycles. The van der Waals surface area contributed by atoms with Crippen molar-refractivity contribution in [3.8, 4) is 18.2 Å². The summed E-state index contributed by atoms with van der Waals surface area (Å²) < 4.78 is 4.94. The predicted octanol–water partition coefficient (Wildman–Crippen LogP) is 4.75. The number of nitrogen functional groups attached to an aromatic ring is 1. The van der Waals surface area contributed by atoms with Crippen molar-refractivity contribution in [3.05, 3.63) is 136 Å². The van der Waals surface area contributed by atoms with Crippen LogP contribution < -0.4 is 32.7 Å². The minimum Gasteiger partial charge on any atom is -0.481 e. The van der Waals surface area contributed by atoms with Gasteiger partial charge in [0.2, 0.25) is 5.91 Å². The lowest BCUT2D eigenvalue weighted by Gasteiger charge is -2.34. The number of piperazine rings is 2. The number of carbonyl (C=O) groups excluding carboxylic acids is 5. The SMILES string of the molecule is C.C1CCOC1.CN1CCN(C(=O)[C@H](CCCCO)NC(=O)c2ccc(C#N)cc2)CC1.CN1CCNCC1.N#Cc1ccc(C(=O)N[C@@H](CCCC(=O)O)C(=O)O)cc1.N#Cc1ccc(C(=O)N[C@@H](CCCCO)C(=O)O)cc1.N[C@@H](CCCC(=O)O)C(=O)O.Nc1ccc(C(=O)Cl)cc1. The third kappa shape index (κ3) is 41.9. The second kappa shape index (κ2) is 54.0. The molecule has 3 aliphatic heterocycles. The van der Waals surface area contributed by atoms with Crippen molar-refractivity contribution < 1.29 is 88.4 Å². The van der Waals surface area contributed by atoms with Crippen molar-refractivity contribution in [1.82, 2.24) is 36.0 Å². The molecular formula is C70H97ClN12O18. The van der Waals surface area contributed by atoms with Gasteiger partial charge >= 0.3 is 29.8 Å². The Balaban J connectivity index is 0.00000122. The number of hydrogen-bond acceptors (Lipinski definition) is 21. The van der Waals surface area contributed by atoms with Crippen molar-refractivity contribution in [1.29, 1.82) is 15.8 Å². The Labute approximate surface area is 593 Å². The predicted molar refractivity (Wildman–Crippen MR) is 375 cm³/mol. The minimum atomic E-state index is -1.22. The third-order valence-electron chi connectivity index (χ3n) is 14.7. The topological polar surface area (TPSA) is 503 Å². The Morgan fingerprint density at radius 3 is 1.16 bits per heavy atom. The molecule has 3 fully saturated rings. The first-order chi connectivity index (χ1) is 47.7. The van der Waals surface area contributed by atoms with Crippen molar-refractivity contribution in [2.24, 2.45) is 5.73 Å². The highest BCUT2D eigenvalue weighted by Gasteiger charge is 2.28. The van der Waals surface area contributed by atoms with E-state index in [2.05, 4.69) is 38.1 Å². The number of anilines is 1. The Kier molecular flexibility index (Phi) is 48.6. The first-order valence-corrected chi connectivity index (χ1v) is 32.6. The van der Waals surface area contributed by atoms with E-state index in [1.807, 2.05) is 25.3 Å². The summed E-state index contributed by atoms with van der Waals surface area (Å²) in [7, 11) is 4.17. The lowest BCUT2D eigenvalue weighted by atomic mass is 10.1. The number of carboxylic acids is 5. The molecule has 101 heavy (non-hydrogen) atoms. The van der Waals surface area contributed by atoms with E-state index in [1.165, 1.54) is 74.5 Å². The van der Waals surface area contributed by atoms with Gasteiger partial charge in [-0.25, -0.2) is 9.59 Å². The van der Waals surface area contributed by atoms with Gasteiger partial charge < -0.3 is 87.9 Å². The molecule has 4 aromatic carbocycles. The van der Waals surface area contributed by atoms with E-state index in [0.29, 0.717) is 90.7 Å². The highest BCUT2D eigenvalue weighted by atomic mass is 35.5. The second-order valence-electron chi connectivity index (χ2n) is 22.7. The summed E-state index contributed by atoms with van der Waals surface area (Å²) in [5.41, 5.74) is 13.8. The lowest BCUT2D eigenvalue weighted by molar-refractivity contribution is -0.140. The molecule has 0 radical (unpaired) electrons. The van der Waals surface area contributed by atoms with E-state index in [9.17, 15) is 47.9 Å². The molecule has 0 unspecified atom stereocenters. The molecule has 0 saturated carbocycles. The number of aliphatic hydroxyl groups is 2. The van der Waals surface area contributed by atoms with Crippen LogP contribution in [0.3, 0.4) is 0 Å². The second-order valence-corrected chi connectivity index (χ2v) is 23.0. The number of nitrogens with zero attached hydrogens (tertiary/aromatic N) is 6. The maximum Gasteiger partial charge on any atom is 0.326 e. The number of nitrogens with two attached hydrogens (primary N) is 2. The number of carbonyl (C=O) groups is 10. The summed E-state index contributed by atoms with van der Waals surface area (Å²) >= 11 is 5.18. The maximum absolute atomic E-state index is 12.9. The van der Waals surface area contributed by atoms with E-state index >= 15 is 0 Å². The molecule has 4 atom stereocenters. The number of aliphatic hydroxyl groups excluding tert-OH is 2. The Morgan fingerprint density at radius 2 is 0.851 bits per heavy atom. The normalized spacial score (nSPS) is 13.9. The van der Waals surface area contributed by atoms with Gasteiger partial charge in [0.1, 0.15) is 24.2 Å². The van der Waals surface area contributed by atoms with Crippen LogP contribution in [0.5, 0.6) is 0 Å². The molecule has 3 aliphatic rings. The standard InChI is InChI=1S/C19H26N4O3.C14H14N2O5.C14H16N2O4.C7H6ClNO.C6H11NO4.C5H12N2.C4H8O.CH4/c1-22-9-11-23(12-10-22)19(26)17(4-2-3-13-24)21-18(25)16-7-5-15(14-20)6-8-16;15-8-9-4-6-10(7-5-9)13(19)16-11(14(20)21)2-1-3-12(17)18;15-9-10-4-6-11(7-5-10)13(18)16-12(14(19)20)3-1-2-8-17;8-7(10)5-1-3-6(9)4-2-5;7-4(6(10)11)2-1-3-5(8)9;1-7-4-2-6-3-5-7;1-2-4-5-3-1;/h5-8,17,24H,2-4,9-13H2,1H3,(H,21,25);4-7,11H,1-3H2,(H,16,19)(H,17,18)(H,20,21);4-7,12,17H,1-3,8H2,(H,16,18)(H,19,20);1-4H,9H2;4H,1-3,7H2,(H,8,9)(H,10,11);6H,2-5H2,1H3;1-4H2;1H4/t17-;11-;12-;;4-;;;/m000.0.../s1. The van der Waals surface area contributed by atoms with E-state index in [-0.39, 0.29) is 76.5 Å². The first-order valence-electron chi connectivity index (χ1n) is 32.2. The molecule has 0 aliphatic carbocycles. The molecule has 15 N–H and O–H groups in total. The average Bonchev–Trinajstić information content (AvgIpc) is 1.78. The van der Waals surface area contributed by atoms with Gasteiger partial charge in [0, 0.05) is 120 Å². The largest absolute Gasteiger partial charge is 0.481 e. The number of ether oxygens (including phenoxy) is 1. The molecule has 7 rings (SSSR count). The number of nitrogens with one attached hydrogen (secondary N) is 4. The van der Waals surface area contributed by atoms with Gasteiger partial charge in [-0.05, 0) is 200 Å². The summed E-state index contributed by atoms with van der Waals surface area (Å²) in [6.07, 6.45) is 6.10. The number of nitriles is 3. The first kappa shape index (κ1) is 91.1.